The van der Waals surface area contributed by atoms with E-state index in [9.17, 15) is 14.4 Å². The van der Waals surface area contributed by atoms with E-state index in [-0.39, 0.29) is 23.6 Å². The first-order chi connectivity index (χ1) is 12.1. The maximum Gasteiger partial charge on any atom is 0.255 e. The predicted molar refractivity (Wildman–Crippen MR) is 95.6 cm³/mol. The van der Waals surface area contributed by atoms with Gasteiger partial charge >= 0.3 is 0 Å². The summed E-state index contributed by atoms with van der Waals surface area (Å²) in [5.41, 5.74) is 1.81. The van der Waals surface area contributed by atoms with E-state index in [0.717, 1.165) is 12.8 Å². The van der Waals surface area contributed by atoms with E-state index >= 15 is 0 Å². The largest absolute Gasteiger partial charge is 0.355 e. The fourth-order valence-electron chi connectivity index (χ4n) is 2.45. The third-order valence-electron chi connectivity index (χ3n) is 3.99. The number of rotatable bonds is 5. The van der Waals surface area contributed by atoms with Crippen LogP contribution in [-0.2, 0) is 4.79 Å². The number of amides is 3. The zero-order valence-electron chi connectivity index (χ0n) is 13.8. The van der Waals surface area contributed by atoms with Crippen LogP contribution in [0.3, 0.4) is 0 Å². The lowest BCUT2D eigenvalue weighted by atomic mass is 10.1. The molecule has 0 unspecified atom stereocenters. The molecule has 0 heterocycles. The highest BCUT2D eigenvalue weighted by Gasteiger charge is 2.29. The molecule has 0 bridgehead atoms. The van der Waals surface area contributed by atoms with Gasteiger partial charge in [-0.2, -0.15) is 0 Å². The second-order valence-electron chi connectivity index (χ2n) is 5.92. The monoisotopic (exact) mass is 337 g/mol. The minimum atomic E-state index is -0.348. The Morgan fingerprint density at radius 3 is 2.40 bits per heavy atom. The van der Waals surface area contributed by atoms with Crippen molar-refractivity contribution in [2.24, 2.45) is 5.92 Å². The van der Waals surface area contributed by atoms with Gasteiger partial charge in [-0.1, -0.05) is 18.2 Å². The molecule has 128 valence electrons. The lowest BCUT2D eigenvalue weighted by Crippen LogP contribution is -2.21. The number of hydrogen-bond acceptors (Lipinski definition) is 3. The van der Waals surface area contributed by atoms with Gasteiger partial charge < -0.3 is 16.0 Å². The van der Waals surface area contributed by atoms with Gasteiger partial charge in [0.2, 0.25) is 5.91 Å². The Hall–Kier alpha value is -3.15. The molecule has 0 spiro atoms. The summed E-state index contributed by atoms with van der Waals surface area (Å²) in [5.74, 6) is -0.542. The van der Waals surface area contributed by atoms with Crippen molar-refractivity contribution in [3.05, 3.63) is 59.7 Å². The van der Waals surface area contributed by atoms with Crippen molar-refractivity contribution in [1.29, 1.82) is 0 Å². The Bertz CT molecular complexity index is 828. The molecule has 1 saturated carbocycles. The van der Waals surface area contributed by atoms with Crippen LogP contribution in [0.2, 0.25) is 0 Å². The van der Waals surface area contributed by atoms with Gasteiger partial charge in [-0.3, -0.25) is 14.4 Å². The molecule has 1 aliphatic carbocycles. The number of anilines is 2. The maximum absolute atomic E-state index is 12.5. The molecule has 6 nitrogen and oxygen atoms in total. The highest BCUT2D eigenvalue weighted by atomic mass is 16.2. The molecule has 3 amide bonds. The highest BCUT2D eigenvalue weighted by molar-refractivity contribution is 6.09. The number of hydrogen-bond donors (Lipinski definition) is 3. The van der Waals surface area contributed by atoms with Gasteiger partial charge in [0.25, 0.3) is 11.8 Å². The minimum Gasteiger partial charge on any atom is -0.355 e. The Morgan fingerprint density at radius 1 is 0.920 bits per heavy atom. The zero-order chi connectivity index (χ0) is 17.8. The second kappa shape index (κ2) is 7.17. The number of carbonyl (C=O) groups is 3. The zero-order valence-corrected chi connectivity index (χ0v) is 13.8. The molecule has 0 aliphatic heterocycles. The van der Waals surface area contributed by atoms with Gasteiger partial charge in [0.1, 0.15) is 0 Å². The van der Waals surface area contributed by atoms with Crippen LogP contribution in [0.5, 0.6) is 0 Å². The standard InChI is InChI=1S/C19H19N3O3/c1-20-19(25)15-7-2-3-8-16(15)22-18(24)13-5-4-6-14(11-13)21-17(23)12-9-10-12/h2-8,11-12H,9-10H2,1H3,(H,20,25)(H,21,23)(H,22,24). The Morgan fingerprint density at radius 2 is 1.68 bits per heavy atom. The minimum absolute atomic E-state index is 0.0116. The summed E-state index contributed by atoms with van der Waals surface area (Å²) in [7, 11) is 1.53. The van der Waals surface area contributed by atoms with Gasteiger partial charge in [-0.25, -0.2) is 0 Å². The van der Waals surface area contributed by atoms with Crippen LogP contribution in [-0.4, -0.2) is 24.8 Å². The lowest BCUT2D eigenvalue weighted by molar-refractivity contribution is -0.117. The van der Waals surface area contributed by atoms with Crippen molar-refractivity contribution >= 4 is 29.1 Å². The van der Waals surface area contributed by atoms with Crippen LogP contribution in [0.15, 0.2) is 48.5 Å². The van der Waals surface area contributed by atoms with Crippen LogP contribution in [0.4, 0.5) is 11.4 Å². The molecular weight excluding hydrogens is 318 g/mol. The van der Waals surface area contributed by atoms with Crippen molar-refractivity contribution in [2.45, 2.75) is 12.8 Å². The smallest absolute Gasteiger partial charge is 0.255 e. The number of para-hydroxylation sites is 1. The third kappa shape index (κ3) is 4.03. The molecule has 6 heteroatoms. The van der Waals surface area contributed by atoms with Crippen molar-refractivity contribution in [3.8, 4) is 0 Å². The Kier molecular flexibility index (Phi) is 4.79. The maximum atomic E-state index is 12.5. The highest BCUT2D eigenvalue weighted by Crippen LogP contribution is 2.30. The van der Waals surface area contributed by atoms with E-state index in [0.29, 0.717) is 22.5 Å². The fourth-order valence-corrected chi connectivity index (χ4v) is 2.45. The molecule has 0 atom stereocenters. The van der Waals surface area contributed by atoms with E-state index in [1.54, 1.807) is 48.5 Å². The van der Waals surface area contributed by atoms with Crippen molar-refractivity contribution in [3.63, 3.8) is 0 Å². The molecule has 0 radical (unpaired) electrons. The van der Waals surface area contributed by atoms with Gasteiger partial charge in [-0.15, -0.1) is 0 Å². The van der Waals surface area contributed by atoms with Crippen molar-refractivity contribution in [1.82, 2.24) is 5.32 Å². The van der Waals surface area contributed by atoms with Crippen LogP contribution in [0, 0.1) is 5.92 Å². The fraction of sp³-hybridized carbons (Fsp3) is 0.211. The molecule has 3 N–H and O–H groups in total. The average Bonchev–Trinajstić information content (AvgIpc) is 3.47. The third-order valence-corrected chi connectivity index (χ3v) is 3.99. The molecule has 2 aromatic rings. The lowest BCUT2D eigenvalue weighted by Gasteiger charge is -2.11. The molecular formula is C19H19N3O3. The summed E-state index contributed by atoms with van der Waals surface area (Å²) >= 11 is 0. The van der Waals surface area contributed by atoms with E-state index in [1.165, 1.54) is 7.05 Å². The van der Waals surface area contributed by atoms with Crippen LogP contribution >= 0.6 is 0 Å². The predicted octanol–water partition coefficient (Wildman–Crippen LogP) is 2.65. The molecule has 3 rings (SSSR count). The van der Waals surface area contributed by atoms with Crippen LogP contribution in [0.1, 0.15) is 33.6 Å². The summed E-state index contributed by atoms with van der Waals surface area (Å²) in [6.07, 6.45) is 1.84. The second-order valence-corrected chi connectivity index (χ2v) is 5.92. The molecule has 2 aromatic carbocycles. The topological polar surface area (TPSA) is 87.3 Å². The first kappa shape index (κ1) is 16.7. The molecule has 1 fully saturated rings. The van der Waals surface area contributed by atoms with E-state index in [2.05, 4.69) is 16.0 Å². The molecule has 1 aliphatic rings. The number of carbonyl (C=O) groups excluding carboxylic acids is 3. The van der Waals surface area contributed by atoms with Gasteiger partial charge in [0.05, 0.1) is 11.3 Å². The van der Waals surface area contributed by atoms with Crippen molar-refractivity contribution in [2.75, 3.05) is 17.7 Å². The van der Waals surface area contributed by atoms with Crippen LogP contribution < -0.4 is 16.0 Å². The molecule has 25 heavy (non-hydrogen) atoms. The quantitative estimate of drug-likeness (QED) is 0.784. The summed E-state index contributed by atoms with van der Waals surface area (Å²) in [4.78, 5) is 36.2. The van der Waals surface area contributed by atoms with Gasteiger partial charge in [0.15, 0.2) is 0 Å². The van der Waals surface area contributed by atoms with E-state index < -0.39 is 0 Å². The number of nitrogens with one attached hydrogen (secondary N) is 3. The molecule has 0 saturated heterocycles. The van der Waals surface area contributed by atoms with E-state index in [4.69, 9.17) is 0 Å². The average molecular weight is 337 g/mol. The normalized spacial score (nSPS) is 13.0. The van der Waals surface area contributed by atoms with Crippen molar-refractivity contribution < 1.29 is 14.4 Å². The summed E-state index contributed by atoms with van der Waals surface area (Å²) < 4.78 is 0. The van der Waals surface area contributed by atoms with Crippen LogP contribution in [0.25, 0.3) is 0 Å². The number of benzene rings is 2. The van der Waals surface area contributed by atoms with Gasteiger partial charge in [0, 0.05) is 24.2 Å². The van der Waals surface area contributed by atoms with Gasteiger partial charge in [-0.05, 0) is 43.2 Å². The van der Waals surface area contributed by atoms with E-state index in [1.807, 2.05) is 0 Å². The SMILES string of the molecule is CNC(=O)c1ccccc1NC(=O)c1cccc(NC(=O)C2CC2)c1. The summed E-state index contributed by atoms with van der Waals surface area (Å²) in [6.45, 7) is 0. The Balaban J connectivity index is 1.75. The first-order valence-corrected chi connectivity index (χ1v) is 8.12. The summed E-state index contributed by atoms with van der Waals surface area (Å²) in [5, 5.41) is 8.11. The summed E-state index contributed by atoms with van der Waals surface area (Å²) in [6, 6.07) is 13.5. The first-order valence-electron chi connectivity index (χ1n) is 8.12. The molecule has 0 aromatic heterocycles. The Labute approximate surface area is 145 Å².